The van der Waals surface area contributed by atoms with Crippen molar-refractivity contribution in [1.82, 2.24) is 0 Å². The van der Waals surface area contributed by atoms with Crippen LogP contribution in [0.3, 0.4) is 0 Å². The molecule has 0 saturated heterocycles. The first kappa shape index (κ1) is 16.7. The summed E-state index contributed by atoms with van der Waals surface area (Å²) < 4.78 is 5.15. The number of allylic oxidation sites excluding steroid dienone is 1. The molecule has 3 heteroatoms. The summed E-state index contributed by atoms with van der Waals surface area (Å²) in [6.07, 6.45) is 8.60. The number of hydrogen-bond donors (Lipinski definition) is 1. The Hall–Kier alpha value is -1.77. The van der Waals surface area contributed by atoms with Crippen LogP contribution >= 0.6 is 0 Å². The standard InChI is InChI=1S/C22H28O3/c1-3-25-21(24)13-15-5-9-20-19-7-4-14-12-16(23)6-8-17(14)18(19)10-11-22(15,20)2/h6,8,12-13,18-20,23H,3-5,7,9-11H2,1-2H3. The van der Waals surface area contributed by atoms with Gasteiger partial charge in [-0.25, -0.2) is 4.79 Å². The van der Waals surface area contributed by atoms with E-state index in [1.807, 2.05) is 19.1 Å². The van der Waals surface area contributed by atoms with Crippen molar-refractivity contribution in [2.45, 2.75) is 58.3 Å². The number of aromatic hydroxyl groups is 1. The second-order valence-electron chi connectivity index (χ2n) is 8.22. The second-order valence-corrected chi connectivity index (χ2v) is 8.22. The third-order valence-corrected chi connectivity index (χ3v) is 7.14. The van der Waals surface area contributed by atoms with E-state index in [0.29, 0.717) is 30.1 Å². The highest BCUT2D eigenvalue weighted by molar-refractivity contribution is 5.83. The van der Waals surface area contributed by atoms with Crippen LogP contribution in [0, 0.1) is 17.3 Å². The van der Waals surface area contributed by atoms with Crippen molar-refractivity contribution >= 4 is 5.97 Å². The van der Waals surface area contributed by atoms with Gasteiger partial charge >= 0.3 is 5.97 Å². The van der Waals surface area contributed by atoms with Gasteiger partial charge in [-0.2, -0.15) is 0 Å². The number of rotatable bonds is 2. The minimum atomic E-state index is -0.175. The summed E-state index contributed by atoms with van der Waals surface area (Å²) >= 11 is 0. The van der Waals surface area contributed by atoms with E-state index >= 15 is 0 Å². The molecule has 25 heavy (non-hydrogen) atoms. The topological polar surface area (TPSA) is 46.5 Å². The fraction of sp³-hybridized carbons (Fsp3) is 0.591. The molecule has 1 aromatic rings. The monoisotopic (exact) mass is 340 g/mol. The summed E-state index contributed by atoms with van der Waals surface area (Å²) in [5, 5.41) is 9.79. The van der Waals surface area contributed by atoms with Crippen molar-refractivity contribution in [3.63, 3.8) is 0 Å². The highest BCUT2D eigenvalue weighted by Gasteiger charge is 2.52. The minimum Gasteiger partial charge on any atom is -0.508 e. The average molecular weight is 340 g/mol. The number of esters is 1. The summed E-state index contributed by atoms with van der Waals surface area (Å²) in [5.74, 6) is 2.19. The predicted molar refractivity (Wildman–Crippen MR) is 97.4 cm³/mol. The zero-order chi connectivity index (χ0) is 17.6. The van der Waals surface area contributed by atoms with Crippen molar-refractivity contribution < 1.29 is 14.6 Å². The Morgan fingerprint density at radius 1 is 1.32 bits per heavy atom. The maximum atomic E-state index is 12.0. The van der Waals surface area contributed by atoms with Crippen molar-refractivity contribution in [2.24, 2.45) is 17.3 Å². The molecule has 2 fully saturated rings. The molecule has 3 aliphatic rings. The molecule has 1 aromatic carbocycles. The number of phenolic OH excluding ortho intramolecular Hbond substituents is 1. The fourth-order valence-electron chi connectivity index (χ4n) is 5.98. The van der Waals surface area contributed by atoms with Gasteiger partial charge in [0.15, 0.2) is 0 Å². The third kappa shape index (κ3) is 2.68. The first-order chi connectivity index (χ1) is 12.0. The lowest BCUT2D eigenvalue weighted by Gasteiger charge is -2.49. The van der Waals surface area contributed by atoms with Gasteiger partial charge in [-0.3, -0.25) is 0 Å². The number of carbonyl (C=O) groups excluding carboxylic acids is 1. The second kappa shape index (κ2) is 6.19. The number of benzene rings is 1. The Balaban J connectivity index is 1.62. The number of hydrogen-bond acceptors (Lipinski definition) is 3. The van der Waals surface area contributed by atoms with Crippen molar-refractivity contribution in [3.8, 4) is 5.75 Å². The Morgan fingerprint density at radius 3 is 2.96 bits per heavy atom. The summed E-state index contributed by atoms with van der Waals surface area (Å²) in [5.41, 5.74) is 4.26. The van der Waals surface area contributed by atoms with Crippen molar-refractivity contribution in [1.29, 1.82) is 0 Å². The van der Waals surface area contributed by atoms with Gasteiger partial charge < -0.3 is 9.84 Å². The summed E-state index contributed by atoms with van der Waals surface area (Å²) in [6.45, 7) is 4.67. The smallest absolute Gasteiger partial charge is 0.330 e. The zero-order valence-corrected chi connectivity index (χ0v) is 15.3. The molecular weight excluding hydrogens is 312 g/mol. The maximum Gasteiger partial charge on any atom is 0.330 e. The van der Waals surface area contributed by atoms with E-state index in [2.05, 4.69) is 13.0 Å². The molecule has 0 amide bonds. The Labute approximate surface area is 150 Å². The van der Waals surface area contributed by atoms with Gasteiger partial charge in [0.2, 0.25) is 0 Å². The summed E-state index contributed by atoms with van der Waals surface area (Å²) in [4.78, 5) is 12.0. The molecule has 4 atom stereocenters. The molecule has 0 aromatic heterocycles. The number of aryl methyl sites for hydroxylation is 1. The van der Waals surface area contributed by atoms with E-state index in [1.54, 1.807) is 6.08 Å². The van der Waals surface area contributed by atoms with Gasteiger partial charge in [-0.05, 0) is 91.9 Å². The maximum absolute atomic E-state index is 12.0. The van der Waals surface area contributed by atoms with E-state index in [9.17, 15) is 9.90 Å². The molecule has 134 valence electrons. The molecule has 2 saturated carbocycles. The Bertz CT molecular complexity index is 720. The average Bonchev–Trinajstić information content (AvgIpc) is 2.91. The van der Waals surface area contributed by atoms with Crippen LogP contribution in [-0.2, 0) is 16.0 Å². The molecule has 0 aliphatic heterocycles. The Kier molecular flexibility index (Phi) is 4.13. The molecular formula is C22H28O3. The molecule has 1 N–H and O–H groups in total. The van der Waals surface area contributed by atoms with Gasteiger partial charge in [0.05, 0.1) is 6.61 Å². The predicted octanol–water partition coefficient (Wildman–Crippen LogP) is 4.74. The number of ether oxygens (including phenoxy) is 1. The van der Waals surface area contributed by atoms with Crippen LogP contribution in [0.15, 0.2) is 29.8 Å². The van der Waals surface area contributed by atoms with Crippen LogP contribution in [0.4, 0.5) is 0 Å². The quantitative estimate of drug-likeness (QED) is 0.625. The normalized spacial score (nSPS) is 35.0. The van der Waals surface area contributed by atoms with E-state index < -0.39 is 0 Å². The Morgan fingerprint density at radius 2 is 2.16 bits per heavy atom. The molecule has 4 rings (SSSR count). The lowest BCUT2D eigenvalue weighted by molar-refractivity contribution is -0.137. The van der Waals surface area contributed by atoms with Crippen LogP contribution < -0.4 is 0 Å². The van der Waals surface area contributed by atoms with Gasteiger partial charge in [-0.1, -0.05) is 18.6 Å². The summed E-state index contributed by atoms with van der Waals surface area (Å²) in [7, 11) is 0. The molecule has 0 bridgehead atoms. The summed E-state index contributed by atoms with van der Waals surface area (Å²) in [6, 6.07) is 5.95. The van der Waals surface area contributed by atoms with Gasteiger partial charge in [0, 0.05) is 6.08 Å². The fourth-order valence-corrected chi connectivity index (χ4v) is 5.98. The highest BCUT2D eigenvalue weighted by atomic mass is 16.5. The lowest BCUT2D eigenvalue weighted by Crippen LogP contribution is -2.40. The molecule has 3 nitrogen and oxygen atoms in total. The van der Waals surface area contributed by atoms with Crippen LogP contribution in [0.5, 0.6) is 5.75 Å². The SMILES string of the molecule is CCOC(=O)C=C1CCC2C3CCc4cc(O)ccc4C3CCC12C. The number of fused-ring (bicyclic) bond motifs is 5. The van der Waals surface area contributed by atoms with Gasteiger partial charge in [-0.15, -0.1) is 0 Å². The number of phenols is 1. The molecule has 3 aliphatic carbocycles. The number of carbonyl (C=O) groups is 1. The van der Waals surface area contributed by atoms with Crippen molar-refractivity contribution in [2.75, 3.05) is 6.61 Å². The minimum absolute atomic E-state index is 0.155. The van der Waals surface area contributed by atoms with Crippen LogP contribution in [0.1, 0.15) is 63.0 Å². The molecule has 4 unspecified atom stereocenters. The van der Waals surface area contributed by atoms with E-state index in [0.717, 1.165) is 19.3 Å². The largest absolute Gasteiger partial charge is 0.508 e. The third-order valence-electron chi connectivity index (χ3n) is 7.14. The van der Waals surface area contributed by atoms with Crippen LogP contribution in [-0.4, -0.2) is 17.7 Å². The van der Waals surface area contributed by atoms with E-state index in [4.69, 9.17) is 4.74 Å². The van der Waals surface area contributed by atoms with Crippen molar-refractivity contribution in [3.05, 3.63) is 41.0 Å². The van der Waals surface area contributed by atoms with Gasteiger partial charge in [0.1, 0.15) is 5.75 Å². The molecule has 0 spiro atoms. The van der Waals surface area contributed by atoms with E-state index in [1.165, 1.54) is 36.0 Å². The molecule has 0 radical (unpaired) electrons. The first-order valence-corrected chi connectivity index (χ1v) is 9.72. The van der Waals surface area contributed by atoms with Gasteiger partial charge in [0.25, 0.3) is 0 Å². The van der Waals surface area contributed by atoms with Crippen LogP contribution in [0.25, 0.3) is 0 Å². The van der Waals surface area contributed by atoms with E-state index in [-0.39, 0.29) is 11.4 Å². The van der Waals surface area contributed by atoms with Crippen LogP contribution in [0.2, 0.25) is 0 Å². The zero-order valence-electron chi connectivity index (χ0n) is 15.3. The lowest BCUT2D eigenvalue weighted by atomic mass is 9.55. The first-order valence-electron chi connectivity index (χ1n) is 9.72. The molecule has 0 heterocycles. The highest BCUT2D eigenvalue weighted by Crippen LogP contribution is 2.62.